The van der Waals surface area contributed by atoms with Crippen LogP contribution < -0.4 is 4.57 Å². The Morgan fingerprint density at radius 2 is 1.59 bits per heavy atom. The van der Waals surface area contributed by atoms with E-state index in [2.05, 4.69) is 0 Å². The molecular weight excluding hydrogens is 210 g/mol. The molecule has 80 valence electrons. The van der Waals surface area contributed by atoms with Gasteiger partial charge in [-0.15, -0.1) is 0 Å². The van der Waals surface area contributed by atoms with Gasteiger partial charge in [-0.2, -0.15) is 15.7 Å². The number of pyridine rings is 1. The molecular formula is C14H9N3. The first-order valence-electron chi connectivity index (χ1n) is 5.09. The topological polar surface area (TPSA) is 50.0 Å². The van der Waals surface area contributed by atoms with E-state index in [-0.39, 0.29) is 5.70 Å². The van der Waals surface area contributed by atoms with Crippen molar-refractivity contribution in [3.8, 4) is 17.2 Å². The molecule has 0 saturated carbocycles. The summed E-state index contributed by atoms with van der Waals surface area (Å²) in [6.45, 7) is 0. The fourth-order valence-electron chi connectivity index (χ4n) is 1.54. The largest absolute Gasteiger partial charge is 0.757 e. The number of hydrogen-bond donors (Lipinski definition) is 0. The Balaban J connectivity index is 2.38. The van der Waals surface area contributed by atoms with Crippen LogP contribution in [0, 0.1) is 11.3 Å². The number of benzene rings is 1. The Hall–Kier alpha value is -2.69. The quantitative estimate of drug-likeness (QED) is 0.434. The highest BCUT2D eigenvalue weighted by molar-refractivity contribution is 5.84. The van der Waals surface area contributed by atoms with Gasteiger partial charge in [0.05, 0.1) is 0 Å². The van der Waals surface area contributed by atoms with Gasteiger partial charge in [0, 0.05) is 12.1 Å². The third-order valence-electron chi connectivity index (χ3n) is 2.41. The average molecular weight is 219 g/mol. The van der Waals surface area contributed by atoms with Gasteiger partial charge in [-0.3, -0.25) is 0 Å². The minimum absolute atomic E-state index is 0.0598. The molecule has 0 aliphatic carbocycles. The number of rotatable bonds is 2. The van der Waals surface area contributed by atoms with Gasteiger partial charge in [0.25, 0.3) is 0 Å². The first kappa shape index (κ1) is 10.8. The van der Waals surface area contributed by atoms with Gasteiger partial charge in [0.2, 0.25) is 0 Å². The summed E-state index contributed by atoms with van der Waals surface area (Å²) in [7, 11) is 0. The van der Waals surface area contributed by atoms with Crippen LogP contribution in [-0.4, -0.2) is 5.87 Å². The van der Waals surface area contributed by atoms with Crippen LogP contribution in [0.3, 0.4) is 0 Å². The first-order chi connectivity index (χ1) is 8.35. The molecule has 0 unspecified atom stereocenters. The Morgan fingerprint density at radius 3 is 2.12 bits per heavy atom. The van der Waals surface area contributed by atoms with Crippen molar-refractivity contribution < 1.29 is 4.57 Å². The molecule has 17 heavy (non-hydrogen) atoms. The summed E-state index contributed by atoms with van der Waals surface area (Å²) in [6, 6.07) is 15.5. The normalized spacial score (nSPS) is 9.12. The molecule has 0 atom stereocenters. The molecule has 0 fully saturated rings. The summed E-state index contributed by atoms with van der Waals surface area (Å²) in [4.78, 5) is 0. The number of allylic oxidation sites excluding steroid dienone is 1. The fraction of sp³-hybridized carbons (Fsp3) is 0. The van der Waals surface area contributed by atoms with Crippen LogP contribution in [0.1, 0.15) is 0 Å². The van der Waals surface area contributed by atoms with Crippen molar-refractivity contribution in [1.82, 2.24) is 0 Å². The molecule has 1 aromatic carbocycles. The van der Waals surface area contributed by atoms with E-state index < -0.39 is 0 Å². The maximum atomic E-state index is 8.74. The van der Waals surface area contributed by atoms with Crippen molar-refractivity contribution in [2.75, 3.05) is 0 Å². The molecule has 0 aliphatic heterocycles. The SMILES string of the molecule is N#CC(=C=[N-])[n+]1ccc(-c2ccccc2)cc1. The summed E-state index contributed by atoms with van der Waals surface area (Å²) < 4.78 is 1.51. The van der Waals surface area contributed by atoms with Gasteiger partial charge in [-0.05, 0) is 11.1 Å². The Morgan fingerprint density at radius 1 is 1.00 bits per heavy atom. The first-order valence-corrected chi connectivity index (χ1v) is 5.09. The van der Waals surface area contributed by atoms with Crippen molar-refractivity contribution in [2.24, 2.45) is 0 Å². The van der Waals surface area contributed by atoms with Crippen molar-refractivity contribution in [2.45, 2.75) is 0 Å². The summed E-state index contributed by atoms with van der Waals surface area (Å²) in [5.74, 6) is 1.85. The average Bonchev–Trinajstić information content (AvgIpc) is 2.42. The highest BCUT2D eigenvalue weighted by atomic mass is 14.9. The molecule has 0 saturated heterocycles. The lowest BCUT2D eigenvalue weighted by Gasteiger charge is -1.99. The van der Waals surface area contributed by atoms with Gasteiger partial charge in [-0.1, -0.05) is 30.3 Å². The highest BCUT2D eigenvalue weighted by Gasteiger charge is 2.06. The molecule has 0 radical (unpaired) electrons. The van der Waals surface area contributed by atoms with Crippen LogP contribution >= 0.6 is 0 Å². The minimum Gasteiger partial charge on any atom is -0.757 e. The van der Waals surface area contributed by atoms with E-state index in [1.54, 1.807) is 12.4 Å². The molecule has 2 rings (SSSR count). The predicted octanol–water partition coefficient (Wildman–Crippen LogP) is 2.24. The molecule has 2 aromatic rings. The molecule has 3 heteroatoms. The second-order valence-corrected chi connectivity index (χ2v) is 3.43. The van der Waals surface area contributed by atoms with E-state index >= 15 is 0 Å². The lowest BCUT2D eigenvalue weighted by Crippen LogP contribution is -2.30. The minimum atomic E-state index is 0.0598. The van der Waals surface area contributed by atoms with Crippen LogP contribution in [0.25, 0.3) is 22.2 Å². The van der Waals surface area contributed by atoms with E-state index in [1.165, 1.54) is 4.57 Å². The van der Waals surface area contributed by atoms with Crippen LogP contribution in [0.5, 0.6) is 0 Å². The van der Waals surface area contributed by atoms with E-state index in [9.17, 15) is 0 Å². The van der Waals surface area contributed by atoms with Crippen LogP contribution in [0.15, 0.2) is 54.9 Å². The molecule has 0 aliphatic rings. The second-order valence-electron chi connectivity index (χ2n) is 3.43. The van der Waals surface area contributed by atoms with E-state index in [1.807, 2.05) is 54.4 Å². The summed E-state index contributed by atoms with van der Waals surface area (Å²) in [5.41, 5.74) is 2.22. The molecule has 0 N–H and O–H groups in total. The number of aromatic nitrogens is 1. The molecule has 3 nitrogen and oxygen atoms in total. The molecule has 0 spiro atoms. The molecule has 0 bridgehead atoms. The Labute approximate surface area is 99.4 Å². The second kappa shape index (κ2) is 4.89. The predicted molar refractivity (Wildman–Crippen MR) is 65.8 cm³/mol. The van der Waals surface area contributed by atoms with Crippen molar-refractivity contribution >= 4 is 11.6 Å². The Bertz CT molecular complexity index is 600. The third-order valence-corrected chi connectivity index (χ3v) is 2.41. The molecule has 1 heterocycles. The fourth-order valence-corrected chi connectivity index (χ4v) is 1.54. The standard InChI is InChI=1S/C14H9N3/c15-10-14(11-16)17-8-6-13(7-9-17)12-4-2-1-3-5-12/h1-9H. The third kappa shape index (κ3) is 2.28. The molecule has 1 aromatic heterocycles. The summed E-state index contributed by atoms with van der Waals surface area (Å²) in [5, 5.41) is 17.5. The van der Waals surface area contributed by atoms with E-state index in [4.69, 9.17) is 10.7 Å². The Kier molecular flexibility index (Phi) is 3.11. The zero-order chi connectivity index (χ0) is 12.1. The summed E-state index contributed by atoms with van der Waals surface area (Å²) in [6.07, 6.45) is 3.42. The number of nitrogens with zero attached hydrogens (tertiary/aromatic N) is 3. The molecule has 0 amide bonds. The van der Waals surface area contributed by atoms with Crippen molar-refractivity contribution in [3.05, 3.63) is 60.3 Å². The zero-order valence-corrected chi connectivity index (χ0v) is 9.04. The van der Waals surface area contributed by atoms with Crippen LogP contribution in [0.2, 0.25) is 0 Å². The van der Waals surface area contributed by atoms with Crippen molar-refractivity contribution in [1.29, 1.82) is 5.26 Å². The smallest absolute Gasteiger partial charge is 0.309 e. The number of nitriles is 1. The number of hydrogen-bond acceptors (Lipinski definition) is 1. The van der Waals surface area contributed by atoms with Gasteiger partial charge in [-0.25, -0.2) is 0 Å². The highest BCUT2D eigenvalue weighted by Crippen LogP contribution is 2.16. The maximum absolute atomic E-state index is 8.74. The maximum Gasteiger partial charge on any atom is 0.309 e. The zero-order valence-electron chi connectivity index (χ0n) is 9.04. The monoisotopic (exact) mass is 219 g/mol. The lowest BCUT2D eigenvalue weighted by atomic mass is 10.1. The van der Waals surface area contributed by atoms with Gasteiger partial charge < -0.3 is 5.41 Å². The van der Waals surface area contributed by atoms with Gasteiger partial charge in [0.1, 0.15) is 0 Å². The van der Waals surface area contributed by atoms with Crippen LogP contribution in [0.4, 0.5) is 0 Å². The van der Waals surface area contributed by atoms with E-state index in [0.29, 0.717) is 0 Å². The van der Waals surface area contributed by atoms with Gasteiger partial charge >= 0.3 is 5.70 Å². The van der Waals surface area contributed by atoms with Crippen LogP contribution in [-0.2, 0) is 0 Å². The van der Waals surface area contributed by atoms with Gasteiger partial charge in [0.15, 0.2) is 18.5 Å². The summed E-state index contributed by atoms with van der Waals surface area (Å²) >= 11 is 0. The lowest BCUT2D eigenvalue weighted by molar-refractivity contribution is -0.575. The van der Waals surface area contributed by atoms with Crippen molar-refractivity contribution in [3.63, 3.8) is 0 Å². The van der Waals surface area contributed by atoms with E-state index in [0.717, 1.165) is 11.1 Å².